The fourth-order valence-electron chi connectivity index (χ4n) is 3.60. The molecule has 2 heteroatoms. The van der Waals surface area contributed by atoms with E-state index in [9.17, 15) is 4.79 Å². The van der Waals surface area contributed by atoms with Gasteiger partial charge in [-0.1, -0.05) is 67.6 Å². The Balaban J connectivity index is 1.67. The Morgan fingerprint density at radius 2 is 1.57 bits per heavy atom. The van der Waals surface area contributed by atoms with E-state index in [4.69, 9.17) is 0 Å². The molecule has 1 fully saturated rings. The van der Waals surface area contributed by atoms with Crippen LogP contribution in [-0.4, -0.2) is 17.4 Å². The molecule has 1 saturated heterocycles. The third-order valence-electron chi connectivity index (χ3n) is 5.18. The number of hydrogen-bond acceptors (Lipinski definition) is 1. The average Bonchev–Trinajstić information content (AvgIpc) is 2.59. The number of amides is 1. The zero-order valence-electron chi connectivity index (χ0n) is 13.9. The molecule has 0 spiro atoms. The molecule has 0 aliphatic carbocycles. The van der Waals surface area contributed by atoms with Crippen LogP contribution in [0, 0.1) is 5.41 Å². The Bertz CT molecular complexity index is 637. The van der Waals surface area contributed by atoms with Gasteiger partial charge in [0.15, 0.2) is 0 Å². The van der Waals surface area contributed by atoms with Gasteiger partial charge in [-0.3, -0.25) is 4.79 Å². The summed E-state index contributed by atoms with van der Waals surface area (Å²) in [6.45, 7) is 3.84. The van der Waals surface area contributed by atoms with Gasteiger partial charge >= 0.3 is 0 Å². The fraction of sp³-hybridized carbons (Fsp3) is 0.381. The lowest BCUT2D eigenvalue weighted by Gasteiger charge is -2.41. The Hall–Kier alpha value is -2.09. The first-order valence-electron chi connectivity index (χ1n) is 8.56. The van der Waals surface area contributed by atoms with Crippen molar-refractivity contribution in [2.75, 3.05) is 6.54 Å². The Kier molecular flexibility index (Phi) is 4.80. The van der Waals surface area contributed by atoms with E-state index in [0.29, 0.717) is 12.3 Å². The molecule has 1 amide bonds. The van der Waals surface area contributed by atoms with Crippen LogP contribution in [0.15, 0.2) is 60.7 Å². The van der Waals surface area contributed by atoms with Crippen LogP contribution in [-0.2, 0) is 17.8 Å². The number of carbonyl (C=O) groups is 1. The second-order valence-corrected chi connectivity index (χ2v) is 6.74. The van der Waals surface area contributed by atoms with Gasteiger partial charge in [-0.05, 0) is 35.8 Å². The van der Waals surface area contributed by atoms with E-state index >= 15 is 0 Å². The first kappa shape index (κ1) is 15.8. The molecule has 0 aromatic heterocycles. The van der Waals surface area contributed by atoms with Gasteiger partial charge in [-0.25, -0.2) is 0 Å². The first-order valence-corrected chi connectivity index (χ1v) is 8.56. The van der Waals surface area contributed by atoms with Crippen molar-refractivity contribution in [3.8, 4) is 0 Å². The van der Waals surface area contributed by atoms with Gasteiger partial charge < -0.3 is 4.90 Å². The molecule has 2 aromatic rings. The topological polar surface area (TPSA) is 20.3 Å². The van der Waals surface area contributed by atoms with Gasteiger partial charge in [0.05, 0.1) is 0 Å². The highest BCUT2D eigenvalue weighted by Crippen LogP contribution is 2.39. The van der Waals surface area contributed by atoms with Crippen molar-refractivity contribution >= 4 is 5.91 Å². The highest BCUT2D eigenvalue weighted by atomic mass is 16.2. The summed E-state index contributed by atoms with van der Waals surface area (Å²) >= 11 is 0. The normalized spacial score (nSPS) is 21.4. The zero-order chi connectivity index (χ0) is 16.1. The Morgan fingerprint density at radius 3 is 2.13 bits per heavy atom. The van der Waals surface area contributed by atoms with E-state index in [1.807, 2.05) is 23.1 Å². The Labute approximate surface area is 139 Å². The fourth-order valence-corrected chi connectivity index (χ4v) is 3.60. The van der Waals surface area contributed by atoms with Crippen LogP contribution in [0.3, 0.4) is 0 Å². The lowest BCUT2D eigenvalue weighted by molar-refractivity contribution is -0.139. The van der Waals surface area contributed by atoms with Crippen LogP contribution < -0.4 is 0 Å². The number of piperidine rings is 1. The molecular weight excluding hydrogens is 282 g/mol. The number of likely N-dealkylation sites (tertiary alicyclic amines) is 1. The van der Waals surface area contributed by atoms with Crippen LogP contribution in [0.25, 0.3) is 0 Å². The average molecular weight is 307 g/mol. The monoisotopic (exact) mass is 307 g/mol. The minimum absolute atomic E-state index is 0.131. The van der Waals surface area contributed by atoms with Crippen molar-refractivity contribution in [2.45, 2.75) is 39.2 Å². The van der Waals surface area contributed by atoms with Crippen molar-refractivity contribution in [2.24, 2.45) is 5.41 Å². The molecule has 1 atom stereocenters. The molecular formula is C21H25NO. The summed E-state index contributed by atoms with van der Waals surface area (Å²) in [6, 6.07) is 20.9. The van der Waals surface area contributed by atoms with E-state index in [2.05, 4.69) is 49.4 Å². The van der Waals surface area contributed by atoms with Gasteiger partial charge in [0.1, 0.15) is 0 Å². The molecule has 1 unspecified atom stereocenters. The quantitative estimate of drug-likeness (QED) is 0.799. The van der Waals surface area contributed by atoms with Crippen molar-refractivity contribution in [1.29, 1.82) is 0 Å². The minimum Gasteiger partial charge on any atom is -0.338 e. The second kappa shape index (κ2) is 6.99. The number of nitrogens with zero attached hydrogens (tertiary/aromatic N) is 1. The third-order valence-corrected chi connectivity index (χ3v) is 5.18. The highest BCUT2D eigenvalue weighted by molar-refractivity contribution is 5.78. The molecule has 0 saturated carbocycles. The van der Waals surface area contributed by atoms with E-state index in [-0.39, 0.29) is 5.41 Å². The molecule has 2 nitrogen and oxygen atoms in total. The van der Waals surface area contributed by atoms with Crippen LogP contribution in [0.1, 0.15) is 37.3 Å². The maximum Gasteiger partial charge on any atom is 0.223 e. The van der Waals surface area contributed by atoms with Crippen LogP contribution in [0.4, 0.5) is 0 Å². The van der Waals surface area contributed by atoms with E-state index in [0.717, 1.165) is 32.4 Å². The van der Waals surface area contributed by atoms with Crippen molar-refractivity contribution in [1.82, 2.24) is 4.90 Å². The van der Waals surface area contributed by atoms with Gasteiger partial charge in [0.2, 0.25) is 5.91 Å². The summed E-state index contributed by atoms with van der Waals surface area (Å²) in [6.07, 6.45) is 3.84. The standard InChI is InChI=1S/C21H25NO/c1-2-21(15-18-9-5-3-6-10-18)13-14-22(20(23)16-21)17-19-11-7-4-8-12-19/h3-12H,2,13-17H2,1H3. The SMILES string of the molecule is CCC1(Cc2ccccc2)CCN(Cc2ccccc2)C(=O)C1. The van der Waals surface area contributed by atoms with Crippen molar-refractivity contribution in [3.63, 3.8) is 0 Å². The van der Waals surface area contributed by atoms with Crippen molar-refractivity contribution in [3.05, 3.63) is 71.8 Å². The van der Waals surface area contributed by atoms with Gasteiger partial charge in [-0.2, -0.15) is 0 Å². The van der Waals surface area contributed by atoms with Crippen LogP contribution in [0.2, 0.25) is 0 Å². The number of carbonyl (C=O) groups excluding carboxylic acids is 1. The van der Waals surface area contributed by atoms with Crippen LogP contribution >= 0.6 is 0 Å². The Morgan fingerprint density at radius 1 is 0.957 bits per heavy atom. The largest absolute Gasteiger partial charge is 0.338 e. The molecule has 3 rings (SSSR count). The maximum atomic E-state index is 12.7. The summed E-state index contributed by atoms with van der Waals surface area (Å²) in [5.41, 5.74) is 2.69. The molecule has 1 aliphatic heterocycles. The molecule has 1 aliphatic rings. The van der Waals surface area contributed by atoms with E-state index < -0.39 is 0 Å². The number of hydrogen-bond donors (Lipinski definition) is 0. The van der Waals surface area contributed by atoms with Gasteiger partial charge in [0.25, 0.3) is 0 Å². The lowest BCUT2D eigenvalue weighted by Crippen LogP contribution is -2.44. The summed E-state index contributed by atoms with van der Waals surface area (Å²) in [4.78, 5) is 14.7. The molecule has 2 aromatic carbocycles. The first-order chi connectivity index (χ1) is 11.2. The number of rotatable bonds is 5. The second-order valence-electron chi connectivity index (χ2n) is 6.74. The summed E-state index contributed by atoms with van der Waals surface area (Å²) in [7, 11) is 0. The summed E-state index contributed by atoms with van der Waals surface area (Å²) < 4.78 is 0. The molecule has 120 valence electrons. The van der Waals surface area contributed by atoms with E-state index in [1.165, 1.54) is 11.1 Å². The predicted molar refractivity (Wildman–Crippen MR) is 94.0 cm³/mol. The zero-order valence-corrected chi connectivity index (χ0v) is 13.9. The van der Waals surface area contributed by atoms with E-state index in [1.54, 1.807) is 0 Å². The lowest BCUT2D eigenvalue weighted by atomic mass is 9.71. The molecule has 0 radical (unpaired) electrons. The van der Waals surface area contributed by atoms with Gasteiger partial charge in [0, 0.05) is 19.5 Å². The summed E-state index contributed by atoms with van der Waals surface area (Å²) in [5, 5.41) is 0. The minimum atomic E-state index is 0.131. The molecule has 0 bridgehead atoms. The highest BCUT2D eigenvalue weighted by Gasteiger charge is 2.37. The molecule has 0 N–H and O–H groups in total. The maximum absolute atomic E-state index is 12.7. The van der Waals surface area contributed by atoms with Gasteiger partial charge in [-0.15, -0.1) is 0 Å². The van der Waals surface area contributed by atoms with Crippen molar-refractivity contribution < 1.29 is 4.79 Å². The summed E-state index contributed by atoms with van der Waals surface area (Å²) in [5.74, 6) is 0.304. The number of benzene rings is 2. The van der Waals surface area contributed by atoms with Crippen LogP contribution in [0.5, 0.6) is 0 Å². The third kappa shape index (κ3) is 3.82. The molecule has 1 heterocycles. The smallest absolute Gasteiger partial charge is 0.223 e. The molecule has 23 heavy (non-hydrogen) atoms. The predicted octanol–water partition coefficient (Wildman–Crippen LogP) is 4.45.